The minimum absolute atomic E-state index is 0.0872. The van der Waals surface area contributed by atoms with Crippen LogP contribution in [0.15, 0.2) is 61.2 Å². The van der Waals surface area contributed by atoms with Gasteiger partial charge in [0.05, 0.1) is 18.5 Å². The molecule has 162 valence electrons. The van der Waals surface area contributed by atoms with Crippen LogP contribution in [-0.4, -0.2) is 29.3 Å². The van der Waals surface area contributed by atoms with Gasteiger partial charge >= 0.3 is 0 Å². The van der Waals surface area contributed by atoms with Crippen LogP contribution in [0.25, 0.3) is 5.69 Å². The van der Waals surface area contributed by atoms with Crippen molar-refractivity contribution in [2.75, 3.05) is 13.7 Å². The van der Waals surface area contributed by atoms with Gasteiger partial charge in [0.1, 0.15) is 17.3 Å². The minimum Gasteiger partial charge on any atom is -0.497 e. The fourth-order valence-electron chi connectivity index (χ4n) is 3.17. The van der Waals surface area contributed by atoms with E-state index in [2.05, 4.69) is 11.9 Å². The molecule has 0 bridgehead atoms. The number of aromatic nitrogens is 2. The van der Waals surface area contributed by atoms with Crippen LogP contribution in [0.4, 0.5) is 4.39 Å². The summed E-state index contributed by atoms with van der Waals surface area (Å²) in [5.74, 6) is 1.06. The van der Waals surface area contributed by atoms with Crippen molar-refractivity contribution in [3.8, 4) is 23.1 Å². The van der Waals surface area contributed by atoms with Crippen molar-refractivity contribution in [1.29, 1.82) is 0 Å². The Kier molecular flexibility index (Phi) is 7.43. The first kappa shape index (κ1) is 22.1. The summed E-state index contributed by atoms with van der Waals surface area (Å²) >= 11 is 0. The number of amides is 1. The largest absolute Gasteiger partial charge is 0.497 e. The predicted molar refractivity (Wildman–Crippen MR) is 117 cm³/mol. The molecule has 0 aliphatic rings. The van der Waals surface area contributed by atoms with Gasteiger partial charge in [-0.05, 0) is 49.2 Å². The van der Waals surface area contributed by atoms with Gasteiger partial charge in [0.25, 0.3) is 0 Å². The molecule has 0 unspecified atom stereocenters. The molecule has 0 atom stereocenters. The molecule has 0 saturated carbocycles. The Morgan fingerprint density at radius 2 is 2.00 bits per heavy atom. The zero-order valence-corrected chi connectivity index (χ0v) is 17.7. The van der Waals surface area contributed by atoms with Crippen LogP contribution in [0, 0.1) is 5.82 Å². The SMILES string of the molecule is C=CCNC(=O)CCc1c(CC)nn(-c2ccc(OC)cc2)c1Oc1cccc(F)c1. The molecule has 0 fully saturated rings. The fourth-order valence-corrected chi connectivity index (χ4v) is 3.17. The van der Waals surface area contributed by atoms with Gasteiger partial charge < -0.3 is 14.8 Å². The lowest BCUT2D eigenvalue weighted by Gasteiger charge is -2.12. The van der Waals surface area contributed by atoms with Gasteiger partial charge in [-0.1, -0.05) is 19.1 Å². The maximum atomic E-state index is 13.7. The number of aryl methyl sites for hydroxylation is 1. The van der Waals surface area contributed by atoms with E-state index in [1.165, 1.54) is 12.1 Å². The van der Waals surface area contributed by atoms with Crippen molar-refractivity contribution < 1.29 is 18.7 Å². The van der Waals surface area contributed by atoms with Gasteiger partial charge in [-0.3, -0.25) is 4.79 Å². The molecule has 0 aliphatic carbocycles. The summed E-state index contributed by atoms with van der Waals surface area (Å²) in [4.78, 5) is 12.1. The van der Waals surface area contributed by atoms with Crippen molar-refractivity contribution in [2.45, 2.75) is 26.2 Å². The lowest BCUT2D eigenvalue weighted by Crippen LogP contribution is -2.23. The van der Waals surface area contributed by atoms with Crippen molar-refractivity contribution in [3.05, 3.63) is 78.3 Å². The monoisotopic (exact) mass is 423 g/mol. The summed E-state index contributed by atoms with van der Waals surface area (Å²) in [6.45, 7) is 6.02. The highest BCUT2D eigenvalue weighted by Crippen LogP contribution is 2.32. The molecule has 1 amide bonds. The number of hydrogen-bond acceptors (Lipinski definition) is 4. The third-order valence-electron chi connectivity index (χ3n) is 4.73. The maximum Gasteiger partial charge on any atom is 0.226 e. The van der Waals surface area contributed by atoms with Gasteiger partial charge in [0.15, 0.2) is 0 Å². The number of ether oxygens (including phenoxy) is 2. The second kappa shape index (κ2) is 10.4. The first-order chi connectivity index (χ1) is 15.0. The second-order valence-corrected chi connectivity index (χ2v) is 6.85. The molecule has 31 heavy (non-hydrogen) atoms. The summed E-state index contributed by atoms with van der Waals surface area (Å²) < 4.78 is 26.8. The molecule has 0 aliphatic heterocycles. The topological polar surface area (TPSA) is 65.4 Å². The van der Waals surface area contributed by atoms with E-state index in [4.69, 9.17) is 14.6 Å². The van der Waals surface area contributed by atoms with Crippen LogP contribution in [-0.2, 0) is 17.6 Å². The molecule has 2 aromatic carbocycles. The summed E-state index contributed by atoms with van der Waals surface area (Å²) in [7, 11) is 1.60. The number of halogens is 1. The van der Waals surface area contributed by atoms with Crippen LogP contribution in [0.2, 0.25) is 0 Å². The minimum atomic E-state index is -0.394. The first-order valence-electron chi connectivity index (χ1n) is 10.1. The highest BCUT2D eigenvalue weighted by Gasteiger charge is 2.21. The number of nitrogens with one attached hydrogen (secondary N) is 1. The summed E-state index contributed by atoms with van der Waals surface area (Å²) in [6, 6.07) is 13.3. The number of carbonyl (C=O) groups excluding carboxylic acids is 1. The third-order valence-corrected chi connectivity index (χ3v) is 4.73. The molecule has 0 radical (unpaired) electrons. The Labute approximate surface area is 181 Å². The van der Waals surface area contributed by atoms with Crippen LogP contribution >= 0.6 is 0 Å². The predicted octanol–water partition coefficient (Wildman–Crippen LogP) is 4.61. The maximum absolute atomic E-state index is 13.7. The normalized spacial score (nSPS) is 10.5. The molecule has 6 nitrogen and oxygen atoms in total. The van der Waals surface area contributed by atoms with E-state index in [1.807, 2.05) is 31.2 Å². The number of rotatable bonds is 10. The second-order valence-electron chi connectivity index (χ2n) is 6.85. The molecule has 1 aromatic heterocycles. The molecule has 1 heterocycles. The zero-order valence-electron chi connectivity index (χ0n) is 17.7. The highest BCUT2D eigenvalue weighted by molar-refractivity contribution is 5.76. The van der Waals surface area contributed by atoms with E-state index in [-0.39, 0.29) is 12.3 Å². The van der Waals surface area contributed by atoms with Gasteiger partial charge in [-0.25, -0.2) is 9.07 Å². The summed E-state index contributed by atoms with van der Waals surface area (Å²) in [5.41, 5.74) is 2.40. The van der Waals surface area contributed by atoms with Gasteiger partial charge in [-0.2, -0.15) is 5.10 Å². The Bertz CT molecular complexity index is 1040. The lowest BCUT2D eigenvalue weighted by molar-refractivity contribution is -0.120. The Morgan fingerprint density at radius 1 is 1.23 bits per heavy atom. The van der Waals surface area contributed by atoms with Gasteiger partial charge in [0.2, 0.25) is 11.8 Å². The van der Waals surface area contributed by atoms with Crippen molar-refractivity contribution in [3.63, 3.8) is 0 Å². The molecule has 3 aromatic rings. The van der Waals surface area contributed by atoms with Crippen LogP contribution in [0.5, 0.6) is 17.4 Å². The van der Waals surface area contributed by atoms with Gasteiger partial charge in [0, 0.05) is 24.6 Å². The smallest absolute Gasteiger partial charge is 0.226 e. The van der Waals surface area contributed by atoms with E-state index in [9.17, 15) is 9.18 Å². The molecular formula is C24H26FN3O3. The van der Waals surface area contributed by atoms with E-state index in [0.717, 1.165) is 22.7 Å². The number of hydrogen-bond donors (Lipinski definition) is 1. The van der Waals surface area contributed by atoms with Crippen LogP contribution in [0.3, 0.4) is 0 Å². The average molecular weight is 423 g/mol. The van der Waals surface area contributed by atoms with E-state index >= 15 is 0 Å². The highest BCUT2D eigenvalue weighted by atomic mass is 19.1. The Morgan fingerprint density at radius 3 is 2.65 bits per heavy atom. The molecule has 0 spiro atoms. The average Bonchev–Trinajstić information content (AvgIpc) is 3.13. The zero-order chi connectivity index (χ0) is 22.2. The lowest BCUT2D eigenvalue weighted by atomic mass is 10.1. The van der Waals surface area contributed by atoms with E-state index in [1.54, 1.807) is 30.0 Å². The quantitative estimate of drug-likeness (QED) is 0.484. The summed E-state index contributed by atoms with van der Waals surface area (Å²) in [6.07, 6.45) is 3.00. The number of carbonyl (C=O) groups is 1. The third kappa shape index (κ3) is 5.51. The van der Waals surface area contributed by atoms with Crippen molar-refractivity contribution in [2.24, 2.45) is 0 Å². The molecule has 3 rings (SSSR count). The van der Waals surface area contributed by atoms with E-state index in [0.29, 0.717) is 31.0 Å². The molecule has 1 N–H and O–H groups in total. The molecule has 7 heteroatoms. The van der Waals surface area contributed by atoms with Crippen molar-refractivity contribution >= 4 is 5.91 Å². The first-order valence-corrected chi connectivity index (χ1v) is 10.1. The number of methoxy groups -OCH3 is 1. The fraction of sp³-hybridized carbons (Fsp3) is 0.250. The molecule has 0 saturated heterocycles. The van der Waals surface area contributed by atoms with Gasteiger partial charge in [-0.15, -0.1) is 6.58 Å². The Balaban J connectivity index is 2.01. The van der Waals surface area contributed by atoms with Crippen LogP contribution < -0.4 is 14.8 Å². The number of nitrogens with zero attached hydrogens (tertiary/aromatic N) is 2. The molecular weight excluding hydrogens is 397 g/mol. The van der Waals surface area contributed by atoms with Crippen LogP contribution in [0.1, 0.15) is 24.6 Å². The number of benzene rings is 2. The Hall–Kier alpha value is -3.61. The van der Waals surface area contributed by atoms with E-state index < -0.39 is 5.82 Å². The standard InChI is InChI=1S/C24H26FN3O3/c1-4-15-26-23(29)14-13-21-22(5-2)27-28(18-9-11-19(30-3)12-10-18)24(21)31-20-8-6-7-17(25)16-20/h4,6-12,16H,1,5,13-15H2,2-3H3,(H,26,29). The van der Waals surface area contributed by atoms with Crippen molar-refractivity contribution in [1.82, 2.24) is 15.1 Å². The summed E-state index contributed by atoms with van der Waals surface area (Å²) in [5, 5.41) is 7.50.